The molecular formula is C20H28Cl2N5+. The highest BCUT2D eigenvalue weighted by Gasteiger charge is 2.41. The summed E-state index contributed by atoms with van der Waals surface area (Å²) in [6, 6.07) is 5.50. The Morgan fingerprint density at radius 1 is 1.19 bits per heavy atom. The molecule has 0 radical (unpaired) electrons. The van der Waals surface area contributed by atoms with E-state index >= 15 is 0 Å². The Bertz CT molecular complexity index is 816. The van der Waals surface area contributed by atoms with Gasteiger partial charge in [0.2, 0.25) is 5.82 Å². The SMILES string of the molecule is CC(C)(C)[C@@H](/C=C/c1ccc(Cl)cc1Cl)n1nnnc1C1([NH3+])CCCCC1. The molecule has 0 saturated heterocycles. The standard InChI is InChI=1S/C20H27Cl2N5/c1-19(2,3)17(10-8-14-7-9-15(21)13-16(14)22)27-18(24-25-26-27)20(23)11-5-4-6-12-20/h7-10,13,17H,4-6,11-12,23H2,1-3H3/p+1/b10-8+/t17-/m1/s1. The van der Waals surface area contributed by atoms with E-state index < -0.39 is 0 Å². The quantitative estimate of drug-likeness (QED) is 0.797. The van der Waals surface area contributed by atoms with E-state index in [-0.39, 0.29) is 17.0 Å². The molecule has 1 fully saturated rings. The molecule has 0 aliphatic heterocycles. The fourth-order valence-corrected chi connectivity index (χ4v) is 4.22. The molecule has 7 heteroatoms. The Morgan fingerprint density at radius 3 is 2.52 bits per heavy atom. The summed E-state index contributed by atoms with van der Waals surface area (Å²) >= 11 is 12.3. The van der Waals surface area contributed by atoms with E-state index in [0.29, 0.717) is 10.0 Å². The van der Waals surface area contributed by atoms with Crippen LogP contribution in [0.4, 0.5) is 0 Å². The van der Waals surface area contributed by atoms with Crippen molar-refractivity contribution in [3.8, 4) is 0 Å². The number of hydrogen-bond donors (Lipinski definition) is 1. The average molecular weight is 409 g/mol. The van der Waals surface area contributed by atoms with E-state index in [1.807, 2.05) is 22.9 Å². The number of nitrogens with zero attached hydrogens (tertiary/aromatic N) is 4. The van der Waals surface area contributed by atoms with Crippen molar-refractivity contribution < 1.29 is 5.73 Å². The molecule has 3 N–H and O–H groups in total. The van der Waals surface area contributed by atoms with Gasteiger partial charge in [-0.2, -0.15) is 0 Å². The maximum absolute atomic E-state index is 6.33. The molecule has 1 atom stereocenters. The Morgan fingerprint density at radius 2 is 1.89 bits per heavy atom. The number of rotatable bonds is 4. The van der Waals surface area contributed by atoms with Gasteiger partial charge in [0.25, 0.3) is 0 Å². The van der Waals surface area contributed by atoms with Gasteiger partial charge in [0.1, 0.15) is 0 Å². The molecule has 3 rings (SSSR count). The summed E-state index contributed by atoms with van der Waals surface area (Å²) in [4.78, 5) is 0. The van der Waals surface area contributed by atoms with Gasteiger partial charge in [0.05, 0.1) is 6.04 Å². The number of hydrogen-bond acceptors (Lipinski definition) is 3. The van der Waals surface area contributed by atoms with Crippen LogP contribution in [0.3, 0.4) is 0 Å². The van der Waals surface area contributed by atoms with Gasteiger partial charge >= 0.3 is 0 Å². The first-order valence-electron chi connectivity index (χ1n) is 9.48. The van der Waals surface area contributed by atoms with Gasteiger partial charge in [-0.1, -0.05) is 68.6 Å². The fraction of sp³-hybridized carbons (Fsp3) is 0.550. The summed E-state index contributed by atoms with van der Waals surface area (Å²) in [5.41, 5.74) is 5.15. The third kappa shape index (κ3) is 4.53. The van der Waals surface area contributed by atoms with E-state index in [4.69, 9.17) is 23.2 Å². The minimum Gasteiger partial charge on any atom is -0.346 e. The number of halogens is 2. The molecule has 1 saturated carbocycles. The van der Waals surface area contributed by atoms with Crippen LogP contribution in [0.15, 0.2) is 24.3 Å². The van der Waals surface area contributed by atoms with Crippen molar-refractivity contribution in [2.75, 3.05) is 0 Å². The smallest absolute Gasteiger partial charge is 0.212 e. The van der Waals surface area contributed by atoms with Crippen LogP contribution in [0, 0.1) is 5.41 Å². The monoisotopic (exact) mass is 408 g/mol. The summed E-state index contributed by atoms with van der Waals surface area (Å²) in [5, 5.41) is 14.0. The molecule has 1 aliphatic carbocycles. The summed E-state index contributed by atoms with van der Waals surface area (Å²) in [6.07, 6.45) is 9.81. The Hall–Kier alpha value is -1.43. The van der Waals surface area contributed by atoms with E-state index in [2.05, 4.69) is 48.1 Å². The van der Waals surface area contributed by atoms with Crippen LogP contribution in [-0.2, 0) is 5.54 Å². The summed E-state index contributed by atoms with van der Waals surface area (Å²) in [6.45, 7) is 6.56. The minimum atomic E-state index is -0.211. The molecule has 0 bridgehead atoms. The number of quaternary nitrogens is 1. The van der Waals surface area contributed by atoms with E-state index in [9.17, 15) is 0 Å². The molecule has 1 aliphatic rings. The fourth-order valence-electron chi connectivity index (χ4n) is 3.75. The van der Waals surface area contributed by atoms with Gasteiger partial charge in [-0.3, -0.25) is 0 Å². The second-order valence-corrected chi connectivity index (χ2v) is 9.47. The second kappa shape index (κ2) is 7.90. The van der Waals surface area contributed by atoms with Gasteiger partial charge in [-0.05, 0) is 46.4 Å². The molecule has 0 unspecified atom stereocenters. The van der Waals surface area contributed by atoms with Crippen molar-refractivity contribution in [3.63, 3.8) is 0 Å². The van der Waals surface area contributed by atoms with Crippen molar-refractivity contribution in [3.05, 3.63) is 45.7 Å². The predicted octanol–water partition coefficient (Wildman–Crippen LogP) is 4.68. The predicted molar refractivity (Wildman–Crippen MR) is 109 cm³/mol. The molecule has 1 aromatic heterocycles. The number of benzene rings is 1. The molecule has 1 aromatic carbocycles. The Kier molecular flexibility index (Phi) is 5.94. The van der Waals surface area contributed by atoms with Crippen LogP contribution in [0.5, 0.6) is 0 Å². The van der Waals surface area contributed by atoms with Crippen LogP contribution in [-0.4, -0.2) is 20.2 Å². The maximum Gasteiger partial charge on any atom is 0.212 e. The second-order valence-electron chi connectivity index (χ2n) is 8.62. The van der Waals surface area contributed by atoms with Crippen molar-refractivity contribution in [1.29, 1.82) is 0 Å². The molecule has 2 aromatic rings. The first kappa shape index (κ1) is 20.3. The lowest BCUT2D eigenvalue weighted by molar-refractivity contribution is -0.498. The number of allylic oxidation sites excluding steroid dienone is 1. The highest BCUT2D eigenvalue weighted by atomic mass is 35.5. The van der Waals surface area contributed by atoms with Gasteiger partial charge < -0.3 is 5.73 Å². The highest BCUT2D eigenvalue weighted by molar-refractivity contribution is 6.35. The summed E-state index contributed by atoms with van der Waals surface area (Å²) in [5.74, 6) is 0.883. The third-order valence-corrected chi connectivity index (χ3v) is 5.91. The van der Waals surface area contributed by atoms with Crippen LogP contribution < -0.4 is 5.73 Å². The van der Waals surface area contributed by atoms with Gasteiger partial charge in [-0.15, -0.1) is 5.10 Å². The lowest BCUT2D eigenvalue weighted by Gasteiger charge is -2.33. The van der Waals surface area contributed by atoms with Crippen molar-refractivity contribution in [2.45, 2.75) is 64.5 Å². The number of aromatic nitrogens is 4. The minimum absolute atomic E-state index is 0.0187. The lowest BCUT2D eigenvalue weighted by atomic mass is 9.80. The van der Waals surface area contributed by atoms with Crippen LogP contribution in [0.1, 0.15) is 70.3 Å². The molecule has 0 amide bonds. The van der Waals surface area contributed by atoms with Crippen LogP contribution >= 0.6 is 23.2 Å². The normalized spacial score (nSPS) is 18.7. The Labute approximate surface area is 170 Å². The molecule has 146 valence electrons. The zero-order valence-corrected chi connectivity index (χ0v) is 17.8. The first-order chi connectivity index (χ1) is 12.7. The van der Waals surface area contributed by atoms with Crippen molar-refractivity contribution >= 4 is 29.3 Å². The Balaban J connectivity index is 1.97. The van der Waals surface area contributed by atoms with Crippen LogP contribution in [0.25, 0.3) is 6.08 Å². The lowest BCUT2D eigenvalue weighted by Crippen LogP contribution is -2.71. The zero-order valence-electron chi connectivity index (χ0n) is 16.3. The molecule has 5 nitrogen and oxygen atoms in total. The first-order valence-corrected chi connectivity index (χ1v) is 10.2. The van der Waals surface area contributed by atoms with Crippen molar-refractivity contribution in [2.24, 2.45) is 5.41 Å². The maximum atomic E-state index is 6.33. The number of tetrazole rings is 1. The van der Waals surface area contributed by atoms with E-state index in [0.717, 1.165) is 24.2 Å². The van der Waals surface area contributed by atoms with E-state index in [1.54, 1.807) is 6.07 Å². The van der Waals surface area contributed by atoms with Gasteiger partial charge in [0, 0.05) is 22.9 Å². The van der Waals surface area contributed by atoms with Crippen molar-refractivity contribution in [1.82, 2.24) is 20.2 Å². The summed E-state index contributed by atoms with van der Waals surface area (Å²) in [7, 11) is 0. The van der Waals surface area contributed by atoms with Gasteiger partial charge in [-0.25, -0.2) is 4.68 Å². The third-order valence-electron chi connectivity index (χ3n) is 5.35. The average Bonchev–Trinajstić information content (AvgIpc) is 3.06. The molecule has 0 spiro atoms. The highest BCUT2D eigenvalue weighted by Crippen LogP contribution is 2.37. The molecule has 1 heterocycles. The zero-order chi connectivity index (χ0) is 19.7. The molecule has 27 heavy (non-hydrogen) atoms. The largest absolute Gasteiger partial charge is 0.346 e. The van der Waals surface area contributed by atoms with E-state index in [1.165, 1.54) is 19.3 Å². The topological polar surface area (TPSA) is 71.2 Å². The summed E-state index contributed by atoms with van der Waals surface area (Å²) < 4.78 is 1.96. The molecular weight excluding hydrogens is 381 g/mol. The van der Waals surface area contributed by atoms with Crippen LogP contribution in [0.2, 0.25) is 10.0 Å². The van der Waals surface area contributed by atoms with Gasteiger partial charge in [0.15, 0.2) is 5.54 Å².